The predicted molar refractivity (Wildman–Crippen MR) is 136 cm³/mol. The lowest BCUT2D eigenvalue weighted by atomic mass is 9.92. The van der Waals surface area contributed by atoms with Gasteiger partial charge in [-0.1, -0.05) is 97.1 Å². The van der Waals surface area contributed by atoms with Crippen molar-refractivity contribution in [1.82, 2.24) is 0 Å². The fourth-order valence-corrected chi connectivity index (χ4v) is 5.21. The molecule has 0 saturated heterocycles. The van der Waals surface area contributed by atoms with Crippen molar-refractivity contribution >= 4 is 43.1 Å². The van der Waals surface area contributed by atoms with E-state index in [1.165, 1.54) is 0 Å². The fourth-order valence-electron chi connectivity index (χ4n) is 5.21. The lowest BCUT2D eigenvalue weighted by Gasteiger charge is -2.10. The Kier molecular flexibility index (Phi) is 3.48. The second-order valence-corrected chi connectivity index (χ2v) is 8.47. The Bertz CT molecular complexity index is 1600. The summed E-state index contributed by atoms with van der Waals surface area (Å²) in [7, 11) is 0. The molecule has 32 heavy (non-hydrogen) atoms. The van der Waals surface area contributed by atoms with Gasteiger partial charge in [-0.05, 0) is 55.2 Å². The molecule has 0 aromatic heterocycles. The van der Waals surface area contributed by atoms with Gasteiger partial charge < -0.3 is 0 Å². The quantitative estimate of drug-likeness (QED) is 0.267. The van der Waals surface area contributed by atoms with E-state index in [1.54, 1.807) is 0 Å². The molecule has 0 fully saturated rings. The van der Waals surface area contributed by atoms with Crippen LogP contribution in [0.5, 0.6) is 0 Å². The first kappa shape index (κ1) is 17.5. The Morgan fingerprint density at radius 3 is 0.938 bits per heavy atom. The Morgan fingerprint density at radius 2 is 0.625 bits per heavy atom. The third-order valence-electron chi connectivity index (χ3n) is 6.68. The highest BCUT2D eigenvalue weighted by molar-refractivity contribution is 6.22. The van der Waals surface area contributed by atoms with Gasteiger partial charge in [0.1, 0.15) is 0 Å². The molecule has 0 aliphatic carbocycles. The summed E-state index contributed by atoms with van der Waals surface area (Å²) >= 11 is 0. The van der Waals surface area contributed by atoms with E-state index in [9.17, 15) is 4.79 Å². The van der Waals surface area contributed by atoms with Gasteiger partial charge in [0, 0.05) is 22.3 Å². The molecule has 0 amide bonds. The van der Waals surface area contributed by atoms with E-state index in [0.717, 1.165) is 65.3 Å². The van der Waals surface area contributed by atoms with Gasteiger partial charge in [-0.25, -0.2) is 0 Å². The molecule has 7 aromatic rings. The molecule has 1 heteroatoms. The largest absolute Gasteiger partial charge is 0.289 e. The number of rotatable bonds is 2. The summed E-state index contributed by atoms with van der Waals surface area (Å²) in [5.74, 6) is 0. The van der Waals surface area contributed by atoms with Crippen molar-refractivity contribution in [2.24, 2.45) is 0 Å². The number of benzene rings is 6. The van der Waals surface area contributed by atoms with Crippen molar-refractivity contribution in [3.05, 3.63) is 119 Å². The standard InChI is InChI=1S/C31H18O/c32-31-29(27-23-13-5-1-9-19(23)17-20-10-2-6-14-24(20)27)30(31)28-25-15-7-3-11-21(25)18-22-12-4-8-16-26(22)28/h1-18H. The summed E-state index contributed by atoms with van der Waals surface area (Å²) in [4.78, 5) is 13.5. The maximum atomic E-state index is 13.5. The van der Waals surface area contributed by atoms with Crippen molar-refractivity contribution in [2.75, 3.05) is 0 Å². The highest BCUT2D eigenvalue weighted by Gasteiger charge is 2.30. The molecular formula is C31H18O. The zero-order valence-electron chi connectivity index (χ0n) is 17.3. The van der Waals surface area contributed by atoms with Crippen LogP contribution in [0.2, 0.25) is 0 Å². The first-order chi connectivity index (χ1) is 15.8. The minimum Gasteiger partial charge on any atom is -0.289 e. The SMILES string of the molecule is O=c1c(-c2c3ccccc3cc3ccccc23)c1-c1c2ccccc2cc2ccccc12. The molecule has 0 heterocycles. The maximum Gasteiger partial charge on any atom is 0.195 e. The molecule has 0 aliphatic heterocycles. The first-order valence-corrected chi connectivity index (χ1v) is 10.9. The van der Waals surface area contributed by atoms with Gasteiger partial charge in [-0.3, -0.25) is 4.79 Å². The van der Waals surface area contributed by atoms with Crippen LogP contribution >= 0.6 is 0 Å². The molecular weight excluding hydrogens is 388 g/mol. The van der Waals surface area contributed by atoms with E-state index < -0.39 is 0 Å². The van der Waals surface area contributed by atoms with Crippen LogP contribution < -0.4 is 5.43 Å². The molecule has 7 rings (SSSR count). The molecule has 0 aliphatic rings. The third kappa shape index (κ3) is 2.36. The summed E-state index contributed by atoms with van der Waals surface area (Å²) in [6.07, 6.45) is 0. The van der Waals surface area contributed by atoms with Gasteiger partial charge in [0.2, 0.25) is 0 Å². The summed E-state index contributed by atoms with van der Waals surface area (Å²) in [6, 6.07) is 38.0. The number of hydrogen-bond acceptors (Lipinski definition) is 1. The Morgan fingerprint density at radius 1 is 0.344 bits per heavy atom. The van der Waals surface area contributed by atoms with Crippen LogP contribution in [0.1, 0.15) is 0 Å². The third-order valence-corrected chi connectivity index (χ3v) is 6.68. The molecule has 7 aromatic carbocycles. The minimum atomic E-state index is 0.160. The van der Waals surface area contributed by atoms with Crippen LogP contribution in [0.15, 0.2) is 114 Å². The second kappa shape index (κ2) is 6.38. The van der Waals surface area contributed by atoms with Crippen molar-refractivity contribution < 1.29 is 0 Å². The highest BCUT2D eigenvalue weighted by atomic mass is 16.1. The maximum absolute atomic E-state index is 13.5. The molecule has 0 radical (unpaired) electrons. The highest BCUT2D eigenvalue weighted by Crippen LogP contribution is 2.46. The number of fused-ring (bicyclic) bond motifs is 4. The lowest BCUT2D eigenvalue weighted by molar-refractivity contribution is 1.75. The van der Waals surface area contributed by atoms with Gasteiger partial charge in [-0.15, -0.1) is 0 Å². The molecule has 0 unspecified atom stereocenters. The van der Waals surface area contributed by atoms with E-state index in [0.29, 0.717) is 0 Å². The topological polar surface area (TPSA) is 17.1 Å². The van der Waals surface area contributed by atoms with Gasteiger partial charge >= 0.3 is 0 Å². The predicted octanol–water partition coefficient (Wildman–Crippen LogP) is 7.87. The molecule has 0 atom stereocenters. The van der Waals surface area contributed by atoms with Gasteiger partial charge in [0.05, 0.1) is 0 Å². The smallest absolute Gasteiger partial charge is 0.195 e. The average molecular weight is 406 g/mol. The van der Waals surface area contributed by atoms with E-state index >= 15 is 0 Å². The summed E-state index contributed by atoms with van der Waals surface area (Å²) in [5, 5.41) is 9.18. The molecule has 0 spiro atoms. The summed E-state index contributed by atoms with van der Waals surface area (Å²) in [5.41, 5.74) is 4.01. The molecule has 0 saturated carbocycles. The fraction of sp³-hybridized carbons (Fsp3) is 0. The van der Waals surface area contributed by atoms with Crippen molar-refractivity contribution in [1.29, 1.82) is 0 Å². The van der Waals surface area contributed by atoms with Crippen molar-refractivity contribution in [3.8, 4) is 22.3 Å². The monoisotopic (exact) mass is 406 g/mol. The Hall–Kier alpha value is -4.23. The van der Waals surface area contributed by atoms with Gasteiger partial charge in [0.15, 0.2) is 5.43 Å². The van der Waals surface area contributed by atoms with Crippen LogP contribution in [-0.2, 0) is 0 Å². The first-order valence-electron chi connectivity index (χ1n) is 10.9. The zero-order chi connectivity index (χ0) is 21.2. The normalized spacial score (nSPS) is 11.9. The van der Waals surface area contributed by atoms with Crippen molar-refractivity contribution in [2.45, 2.75) is 0 Å². The van der Waals surface area contributed by atoms with Crippen LogP contribution in [0, 0.1) is 0 Å². The van der Waals surface area contributed by atoms with Crippen molar-refractivity contribution in [3.63, 3.8) is 0 Å². The average Bonchev–Trinajstić information content (AvgIpc) is 3.49. The van der Waals surface area contributed by atoms with E-state index in [2.05, 4.69) is 109 Å². The Balaban J connectivity index is 1.63. The van der Waals surface area contributed by atoms with E-state index in [1.807, 2.05) is 0 Å². The zero-order valence-corrected chi connectivity index (χ0v) is 17.3. The van der Waals surface area contributed by atoms with Crippen LogP contribution in [0.25, 0.3) is 65.3 Å². The van der Waals surface area contributed by atoms with E-state index in [-0.39, 0.29) is 5.43 Å². The van der Waals surface area contributed by atoms with Crippen LogP contribution in [0.3, 0.4) is 0 Å². The molecule has 1 nitrogen and oxygen atoms in total. The van der Waals surface area contributed by atoms with Gasteiger partial charge in [0.25, 0.3) is 0 Å². The van der Waals surface area contributed by atoms with Crippen LogP contribution in [-0.4, -0.2) is 0 Å². The van der Waals surface area contributed by atoms with Gasteiger partial charge in [-0.2, -0.15) is 0 Å². The molecule has 0 bridgehead atoms. The van der Waals surface area contributed by atoms with E-state index in [4.69, 9.17) is 0 Å². The molecule has 0 N–H and O–H groups in total. The van der Waals surface area contributed by atoms with Crippen LogP contribution in [0.4, 0.5) is 0 Å². The molecule has 148 valence electrons. The minimum absolute atomic E-state index is 0.160. The Labute approximate surface area is 184 Å². The summed E-state index contributed by atoms with van der Waals surface area (Å²) < 4.78 is 0. The number of hydrogen-bond donors (Lipinski definition) is 0. The second-order valence-electron chi connectivity index (χ2n) is 8.47. The summed E-state index contributed by atoms with van der Waals surface area (Å²) in [6.45, 7) is 0. The lowest BCUT2D eigenvalue weighted by Crippen LogP contribution is -1.84.